The van der Waals surface area contributed by atoms with Crippen LogP contribution in [-0.2, 0) is 0 Å². The molecule has 1 unspecified atom stereocenters. The first-order chi connectivity index (χ1) is 13.7. The lowest BCUT2D eigenvalue weighted by molar-refractivity contribution is 0.0919. The van der Waals surface area contributed by atoms with Gasteiger partial charge in [-0.25, -0.2) is 4.98 Å². The molecule has 1 fully saturated rings. The normalized spacial score (nSPS) is 17.5. The number of rotatable bonds is 5. The molecule has 0 spiro atoms. The molecule has 1 N–H and O–H groups in total. The third-order valence-corrected chi connectivity index (χ3v) is 8.30. The van der Waals surface area contributed by atoms with Crippen molar-refractivity contribution in [2.45, 2.75) is 25.8 Å². The second kappa shape index (κ2) is 7.59. The standard InChI is InChI=1S/C20H22N4OS3/c1-13-4-6-23(7-5-13)15(16-3-2-9-26-16)12-21-18(25)17-11-14-19(28-17)22-20-24(14)8-10-27-20/h2-3,8-11,13,15H,4-7,12H2,1H3,(H,21,25). The van der Waals surface area contributed by atoms with Crippen molar-refractivity contribution in [2.75, 3.05) is 19.6 Å². The Morgan fingerprint density at radius 1 is 1.32 bits per heavy atom. The number of aromatic nitrogens is 2. The van der Waals surface area contributed by atoms with Crippen LogP contribution in [0.15, 0.2) is 35.2 Å². The highest BCUT2D eigenvalue weighted by molar-refractivity contribution is 7.21. The Kier molecular flexibility index (Phi) is 4.96. The van der Waals surface area contributed by atoms with E-state index in [1.165, 1.54) is 29.1 Å². The van der Waals surface area contributed by atoms with Crippen LogP contribution in [0.2, 0.25) is 0 Å². The van der Waals surface area contributed by atoms with Gasteiger partial charge in [0.25, 0.3) is 5.91 Å². The van der Waals surface area contributed by atoms with Crippen molar-refractivity contribution in [2.24, 2.45) is 5.92 Å². The Morgan fingerprint density at radius 2 is 2.18 bits per heavy atom. The first kappa shape index (κ1) is 18.3. The molecule has 0 radical (unpaired) electrons. The van der Waals surface area contributed by atoms with E-state index >= 15 is 0 Å². The van der Waals surface area contributed by atoms with E-state index in [-0.39, 0.29) is 11.9 Å². The maximum absolute atomic E-state index is 12.8. The molecule has 1 atom stereocenters. The summed E-state index contributed by atoms with van der Waals surface area (Å²) in [6.07, 6.45) is 4.47. The summed E-state index contributed by atoms with van der Waals surface area (Å²) in [7, 11) is 0. The average molecular weight is 431 g/mol. The predicted octanol–water partition coefficient (Wildman–Crippen LogP) is 4.88. The average Bonchev–Trinajstić information content (AvgIpc) is 3.45. The van der Waals surface area contributed by atoms with Crippen molar-refractivity contribution < 1.29 is 4.79 Å². The van der Waals surface area contributed by atoms with Crippen LogP contribution in [0, 0.1) is 5.92 Å². The summed E-state index contributed by atoms with van der Waals surface area (Å²) in [5, 5.41) is 7.33. The minimum absolute atomic E-state index is 0.00101. The molecule has 0 saturated carbocycles. The van der Waals surface area contributed by atoms with Crippen molar-refractivity contribution in [3.8, 4) is 0 Å². The van der Waals surface area contributed by atoms with Crippen molar-refractivity contribution >= 4 is 55.2 Å². The quantitative estimate of drug-likeness (QED) is 0.491. The van der Waals surface area contributed by atoms with Gasteiger partial charge in [-0.15, -0.1) is 34.0 Å². The molecule has 28 heavy (non-hydrogen) atoms. The van der Waals surface area contributed by atoms with E-state index in [2.05, 4.69) is 44.0 Å². The second-order valence-electron chi connectivity index (χ2n) is 7.43. The summed E-state index contributed by atoms with van der Waals surface area (Å²) in [5.41, 5.74) is 1.02. The van der Waals surface area contributed by atoms with Crippen LogP contribution in [-0.4, -0.2) is 39.8 Å². The van der Waals surface area contributed by atoms with Gasteiger partial charge in [0.1, 0.15) is 4.83 Å². The first-order valence-corrected chi connectivity index (χ1v) is 12.2. The number of nitrogens with one attached hydrogen (secondary N) is 1. The Bertz CT molecular complexity index is 1090. The molecule has 5 nitrogen and oxygen atoms in total. The number of amides is 1. The molecule has 1 amide bonds. The molecule has 4 aromatic heterocycles. The highest BCUT2D eigenvalue weighted by atomic mass is 32.1. The van der Waals surface area contributed by atoms with Crippen LogP contribution in [0.1, 0.15) is 40.4 Å². The zero-order valence-electron chi connectivity index (χ0n) is 15.6. The second-order valence-corrected chi connectivity index (χ2v) is 10.3. The third-order valence-electron chi connectivity index (χ3n) is 5.55. The molecule has 0 aliphatic carbocycles. The lowest BCUT2D eigenvalue weighted by Crippen LogP contribution is -2.41. The van der Waals surface area contributed by atoms with Gasteiger partial charge >= 0.3 is 0 Å². The van der Waals surface area contributed by atoms with Crippen LogP contribution in [0.25, 0.3) is 15.3 Å². The number of carbonyl (C=O) groups is 1. The number of nitrogens with zero attached hydrogens (tertiary/aromatic N) is 3. The third kappa shape index (κ3) is 3.39. The number of hydrogen-bond acceptors (Lipinski definition) is 6. The molecular weight excluding hydrogens is 408 g/mol. The van der Waals surface area contributed by atoms with E-state index in [9.17, 15) is 4.79 Å². The topological polar surface area (TPSA) is 49.6 Å². The SMILES string of the molecule is CC1CCN(C(CNC(=O)c2cc3c(nc4sccn43)s2)c2cccs2)CC1. The van der Waals surface area contributed by atoms with Crippen LogP contribution in [0.4, 0.5) is 0 Å². The van der Waals surface area contributed by atoms with E-state index in [1.54, 1.807) is 22.7 Å². The monoisotopic (exact) mass is 430 g/mol. The highest BCUT2D eigenvalue weighted by Crippen LogP contribution is 2.30. The van der Waals surface area contributed by atoms with Crippen LogP contribution >= 0.6 is 34.0 Å². The number of hydrogen-bond donors (Lipinski definition) is 1. The van der Waals surface area contributed by atoms with Gasteiger partial charge in [-0.05, 0) is 49.4 Å². The van der Waals surface area contributed by atoms with Gasteiger partial charge in [0, 0.05) is 23.0 Å². The van der Waals surface area contributed by atoms with Crippen molar-refractivity contribution in [1.82, 2.24) is 19.6 Å². The number of thiazole rings is 1. The van der Waals surface area contributed by atoms with E-state index in [4.69, 9.17) is 0 Å². The summed E-state index contributed by atoms with van der Waals surface area (Å²) in [4.78, 5) is 24.0. The first-order valence-electron chi connectivity index (χ1n) is 9.60. The van der Waals surface area contributed by atoms with Gasteiger partial charge in [-0.2, -0.15) is 0 Å². The lowest BCUT2D eigenvalue weighted by Gasteiger charge is -2.36. The molecule has 0 bridgehead atoms. The van der Waals surface area contributed by atoms with Gasteiger partial charge in [-0.3, -0.25) is 14.1 Å². The van der Waals surface area contributed by atoms with E-state index < -0.39 is 0 Å². The van der Waals surface area contributed by atoms with E-state index in [1.807, 2.05) is 17.6 Å². The molecule has 0 aromatic carbocycles. The fraction of sp³-hybridized carbons (Fsp3) is 0.400. The van der Waals surface area contributed by atoms with Crippen LogP contribution in [0.5, 0.6) is 0 Å². The van der Waals surface area contributed by atoms with E-state index in [0.29, 0.717) is 6.54 Å². The highest BCUT2D eigenvalue weighted by Gasteiger charge is 2.26. The van der Waals surface area contributed by atoms with Gasteiger partial charge in [0.15, 0.2) is 4.96 Å². The smallest absolute Gasteiger partial charge is 0.261 e. The largest absolute Gasteiger partial charge is 0.349 e. The summed E-state index contributed by atoms with van der Waals surface area (Å²) in [6, 6.07) is 6.51. The number of imidazole rings is 1. The molecule has 4 aromatic rings. The fourth-order valence-corrected chi connectivity index (χ4v) is 6.44. The zero-order valence-corrected chi connectivity index (χ0v) is 18.1. The summed E-state index contributed by atoms with van der Waals surface area (Å²) < 4.78 is 2.05. The minimum atomic E-state index is -0.00101. The summed E-state index contributed by atoms with van der Waals surface area (Å²) in [5.74, 6) is 0.797. The minimum Gasteiger partial charge on any atom is -0.349 e. The molecule has 146 valence electrons. The Labute approximate surface area is 175 Å². The van der Waals surface area contributed by atoms with Crippen LogP contribution in [0.3, 0.4) is 0 Å². The predicted molar refractivity (Wildman–Crippen MR) is 118 cm³/mol. The maximum Gasteiger partial charge on any atom is 0.261 e. The Hall–Kier alpha value is -1.74. The van der Waals surface area contributed by atoms with Gasteiger partial charge in [0.05, 0.1) is 16.4 Å². The molecule has 1 aliphatic rings. The number of likely N-dealkylation sites (tertiary alicyclic amines) is 1. The molecule has 5 heterocycles. The lowest BCUT2D eigenvalue weighted by atomic mass is 9.97. The molecule has 1 aliphatic heterocycles. The fourth-order valence-electron chi connectivity index (χ4n) is 3.87. The Balaban J connectivity index is 1.32. The number of piperidine rings is 1. The number of carbonyl (C=O) groups excluding carboxylic acids is 1. The molecule has 8 heteroatoms. The van der Waals surface area contributed by atoms with E-state index in [0.717, 1.165) is 39.2 Å². The molecule has 1 saturated heterocycles. The van der Waals surface area contributed by atoms with Crippen molar-refractivity contribution in [3.05, 3.63) is 44.9 Å². The summed E-state index contributed by atoms with van der Waals surface area (Å²) in [6.45, 7) is 5.17. The van der Waals surface area contributed by atoms with Gasteiger partial charge in [-0.1, -0.05) is 13.0 Å². The molecule has 5 rings (SSSR count). The van der Waals surface area contributed by atoms with Crippen molar-refractivity contribution in [1.29, 1.82) is 0 Å². The maximum atomic E-state index is 12.8. The van der Waals surface area contributed by atoms with Gasteiger partial charge in [0.2, 0.25) is 0 Å². The zero-order chi connectivity index (χ0) is 19.1. The Morgan fingerprint density at radius 3 is 2.96 bits per heavy atom. The number of fused-ring (bicyclic) bond motifs is 3. The number of thiophene rings is 2. The van der Waals surface area contributed by atoms with Gasteiger partial charge < -0.3 is 5.32 Å². The van der Waals surface area contributed by atoms with Crippen molar-refractivity contribution in [3.63, 3.8) is 0 Å². The summed E-state index contributed by atoms with van der Waals surface area (Å²) >= 11 is 4.86. The molecular formula is C20H22N4OS3. The van der Waals surface area contributed by atoms with Crippen LogP contribution < -0.4 is 5.32 Å².